The molecule has 0 saturated heterocycles. The average molecular weight is 244 g/mol. The van der Waals surface area contributed by atoms with Crippen molar-refractivity contribution in [2.75, 3.05) is 7.11 Å². The molecule has 0 heterocycles. The Kier molecular flexibility index (Phi) is 3.71. The molecule has 0 fully saturated rings. The van der Waals surface area contributed by atoms with E-state index >= 15 is 0 Å². The highest BCUT2D eigenvalue weighted by Gasteiger charge is 2.24. The van der Waals surface area contributed by atoms with Gasteiger partial charge in [0.2, 0.25) is 0 Å². The highest BCUT2D eigenvalue weighted by atomic mass is 35.5. The van der Waals surface area contributed by atoms with Crippen molar-refractivity contribution >= 4 is 11.6 Å². The lowest BCUT2D eigenvalue weighted by molar-refractivity contribution is 0.324. The van der Waals surface area contributed by atoms with Crippen molar-refractivity contribution < 1.29 is 9.84 Å². The maximum Gasteiger partial charge on any atom is 0.176 e. The normalized spacial score (nSPS) is 13.6. The summed E-state index contributed by atoms with van der Waals surface area (Å²) >= 11 is 5.91. The van der Waals surface area contributed by atoms with Gasteiger partial charge in [0.1, 0.15) is 0 Å². The van der Waals surface area contributed by atoms with E-state index in [2.05, 4.69) is 0 Å². The molecule has 3 nitrogen and oxygen atoms in total. The summed E-state index contributed by atoms with van der Waals surface area (Å²) in [5.74, 6) is 0.302. The molecule has 0 amide bonds. The summed E-state index contributed by atoms with van der Waals surface area (Å²) in [5.41, 5.74) is 6.89. The fraction of sp³-hybridized carbons (Fsp3) is 0.500. The molecule has 0 aromatic heterocycles. The molecule has 1 aromatic carbocycles. The van der Waals surface area contributed by atoms with Gasteiger partial charge in [0.05, 0.1) is 12.1 Å². The zero-order chi connectivity index (χ0) is 12.5. The van der Waals surface area contributed by atoms with Crippen molar-refractivity contribution in [1.82, 2.24) is 0 Å². The molecule has 0 aliphatic rings. The summed E-state index contributed by atoms with van der Waals surface area (Å²) in [7, 11) is 1.48. The van der Waals surface area contributed by atoms with E-state index in [1.807, 2.05) is 20.8 Å². The highest BCUT2D eigenvalue weighted by molar-refractivity contribution is 6.32. The standard InChI is InChI=1S/C12H18ClNO2/c1-12(2,3)11(14)7-5-8(13)10(15)9(6-7)16-4/h5-6,11,15H,14H2,1-4H3/t11-/m1/s1. The SMILES string of the molecule is COc1cc([C@@H](N)C(C)(C)C)cc(Cl)c1O. The molecule has 1 aromatic rings. The molecule has 0 saturated carbocycles. The van der Waals surface area contributed by atoms with E-state index in [4.69, 9.17) is 22.1 Å². The van der Waals surface area contributed by atoms with Gasteiger partial charge in [-0.15, -0.1) is 0 Å². The second-order valence-corrected chi connectivity index (χ2v) is 5.30. The zero-order valence-corrected chi connectivity index (χ0v) is 10.8. The van der Waals surface area contributed by atoms with Crippen molar-refractivity contribution in [2.45, 2.75) is 26.8 Å². The van der Waals surface area contributed by atoms with Crippen LogP contribution in [0, 0.1) is 5.41 Å². The molecule has 0 aliphatic heterocycles. The van der Waals surface area contributed by atoms with Crippen molar-refractivity contribution in [3.05, 3.63) is 22.7 Å². The van der Waals surface area contributed by atoms with Crippen LogP contribution in [0.15, 0.2) is 12.1 Å². The lowest BCUT2D eigenvalue weighted by Gasteiger charge is -2.28. The Balaban J connectivity index is 3.21. The van der Waals surface area contributed by atoms with Crippen LogP contribution < -0.4 is 10.5 Å². The van der Waals surface area contributed by atoms with Gasteiger partial charge >= 0.3 is 0 Å². The summed E-state index contributed by atoms with van der Waals surface area (Å²) in [6.45, 7) is 6.14. The Morgan fingerprint density at radius 1 is 1.38 bits per heavy atom. The molecule has 0 aliphatic carbocycles. The summed E-state index contributed by atoms with van der Waals surface area (Å²) in [4.78, 5) is 0. The number of rotatable bonds is 2. The predicted octanol–water partition coefficient (Wildman–Crippen LogP) is 3.10. The van der Waals surface area contributed by atoms with E-state index in [0.717, 1.165) is 5.56 Å². The lowest BCUT2D eigenvalue weighted by Crippen LogP contribution is -2.26. The molecule has 1 atom stereocenters. The van der Waals surface area contributed by atoms with Crippen LogP contribution >= 0.6 is 11.6 Å². The van der Waals surface area contributed by atoms with Crippen LogP contribution in [0.2, 0.25) is 5.02 Å². The Bertz CT molecular complexity index is 385. The minimum absolute atomic E-state index is 0.0472. The second kappa shape index (κ2) is 4.52. The fourth-order valence-corrected chi connectivity index (χ4v) is 1.65. The van der Waals surface area contributed by atoms with Gasteiger partial charge in [-0.05, 0) is 23.1 Å². The van der Waals surface area contributed by atoms with Crippen LogP contribution in [0.1, 0.15) is 32.4 Å². The predicted molar refractivity (Wildman–Crippen MR) is 66.1 cm³/mol. The molecule has 0 spiro atoms. The Labute approximate surface area is 101 Å². The maximum atomic E-state index is 9.61. The molecule has 0 radical (unpaired) electrons. The molecule has 1 rings (SSSR count). The Morgan fingerprint density at radius 3 is 2.38 bits per heavy atom. The van der Waals surface area contributed by atoms with Crippen molar-refractivity contribution in [3.8, 4) is 11.5 Å². The van der Waals surface area contributed by atoms with E-state index in [1.54, 1.807) is 12.1 Å². The van der Waals surface area contributed by atoms with Crippen LogP contribution in [0.3, 0.4) is 0 Å². The van der Waals surface area contributed by atoms with Gasteiger partial charge in [-0.3, -0.25) is 0 Å². The van der Waals surface area contributed by atoms with Crippen LogP contribution in [-0.2, 0) is 0 Å². The van der Waals surface area contributed by atoms with Gasteiger partial charge in [-0.1, -0.05) is 32.4 Å². The van der Waals surface area contributed by atoms with Gasteiger partial charge in [-0.25, -0.2) is 0 Å². The van der Waals surface area contributed by atoms with Gasteiger partial charge in [-0.2, -0.15) is 0 Å². The largest absolute Gasteiger partial charge is 0.503 e. The number of hydrogen-bond acceptors (Lipinski definition) is 3. The molecule has 90 valence electrons. The monoisotopic (exact) mass is 243 g/mol. The third kappa shape index (κ3) is 2.60. The number of phenols is 1. The third-order valence-electron chi connectivity index (χ3n) is 2.56. The number of halogens is 1. The minimum atomic E-state index is -0.167. The minimum Gasteiger partial charge on any atom is -0.503 e. The second-order valence-electron chi connectivity index (χ2n) is 4.90. The molecule has 0 unspecified atom stereocenters. The van der Waals surface area contributed by atoms with Crippen LogP contribution in [0.5, 0.6) is 11.5 Å². The van der Waals surface area contributed by atoms with Gasteiger partial charge in [0, 0.05) is 6.04 Å². The third-order valence-corrected chi connectivity index (χ3v) is 2.85. The van der Waals surface area contributed by atoms with Crippen LogP contribution in [0.25, 0.3) is 0 Å². The Morgan fingerprint density at radius 2 is 1.94 bits per heavy atom. The first-order chi connectivity index (χ1) is 7.27. The van der Waals surface area contributed by atoms with Crippen molar-refractivity contribution in [2.24, 2.45) is 11.1 Å². The molecular formula is C12H18ClNO2. The molecule has 4 heteroatoms. The smallest absolute Gasteiger partial charge is 0.176 e. The molecular weight excluding hydrogens is 226 g/mol. The first kappa shape index (κ1) is 13.1. The van der Waals surface area contributed by atoms with E-state index in [-0.39, 0.29) is 22.2 Å². The number of aromatic hydroxyl groups is 1. The Hall–Kier alpha value is -0.930. The van der Waals surface area contributed by atoms with E-state index in [9.17, 15) is 5.11 Å². The molecule has 0 bridgehead atoms. The van der Waals surface area contributed by atoms with Gasteiger partial charge in [0.15, 0.2) is 11.5 Å². The van der Waals surface area contributed by atoms with Crippen molar-refractivity contribution in [3.63, 3.8) is 0 Å². The van der Waals surface area contributed by atoms with E-state index < -0.39 is 0 Å². The topological polar surface area (TPSA) is 55.5 Å². The van der Waals surface area contributed by atoms with Crippen LogP contribution in [-0.4, -0.2) is 12.2 Å². The van der Waals surface area contributed by atoms with E-state index in [1.165, 1.54) is 7.11 Å². The lowest BCUT2D eigenvalue weighted by atomic mass is 9.83. The summed E-state index contributed by atoms with van der Waals surface area (Å²) < 4.78 is 5.04. The van der Waals surface area contributed by atoms with Gasteiger partial charge < -0.3 is 15.6 Å². The molecule has 16 heavy (non-hydrogen) atoms. The first-order valence-corrected chi connectivity index (χ1v) is 5.47. The number of nitrogens with two attached hydrogens (primary N) is 1. The average Bonchev–Trinajstić information content (AvgIpc) is 2.19. The maximum absolute atomic E-state index is 9.61. The van der Waals surface area contributed by atoms with Gasteiger partial charge in [0.25, 0.3) is 0 Å². The first-order valence-electron chi connectivity index (χ1n) is 5.09. The molecule has 3 N–H and O–H groups in total. The summed E-state index contributed by atoms with van der Waals surface area (Å²) in [5, 5.41) is 9.87. The number of benzene rings is 1. The highest BCUT2D eigenvalue weighted by Crippen LogP contribution is 2.39. The van der Waals surface area contributed by atoms with Crippen molar-refractivity contribution in [1.29, 1.82) is 0 Å². The number of hydrogen-bond donors (Lipinski definition) is 2. The summed E-state index contributed by atoms with van der Waals surface area (Å²) in [6, 6.07) is 3.23. The quantitative estimate of drug-likeness (QED) is 0.839. The zero-order valence-electron chi connectivity index (χ0n) is 10.0. The number of ether oxygens (including phenoxy) is 1. The van der Waals surface area contributed by atoms with Crippen LogP contribution in [0.4, 0.5) is 0 Å². The number of methoxy groups -OCH3 is 1. The number of phenolic OH excluding ortho intramolecular Hbond substituents is 1. The fourth-order valence-electron chi connectivity index (χ4n) is 1.43. The van der Waals surface area contributed by atoms with E-state index in [0.29, 0.717) is 5.75 Å². The summed E-state index contributed by atoms with van der Waals surface area (Å²) in [6.07, 6.45) is 0.